The van der Waals surface area contributed by atoms with Crippen LogP contribution in [0.5, 0.6) is 17.2 Å². The maximum absolute atomic E-state index is 14.9. The molecule has 0 saturated heterocycles. The Balaban J connectivity index is 1.87. The molecular weight excluding hydrogens is 407 g/mol. The molecule has 5 heteroatoms. The second-order valence-corrected chi connectivity index (χ2v) is 7.31. The van der Waals surface area contributed by atoms with Crippen molar-refractivity contribution in [1.82, 2.24) is 0 Å². The van der Waals surface area contributed by atoms with Gasteiger partial charge in [0.2, 0.25) is 0 Å². The van der Waals surface area contributed by atoms with E-state index in [2.05, 4.69) is 6.07 Å². The fraction of sp³-hybridized carbons (Fsp3) is 0.0741. The standard InChI is InChI=1S/C27H21FO4/c1-17-14-20-16-21(31-2)10-11-22(20)27(26(17)19-6-4-3-5-7-19)32-24-12-8-18(15-23(24)28)9-13-25(29)30/h3-16H,1-2H3,(H,29,30). The van der Waals surface area contributed by atoms with Gasteiger partial charge in [-0.05, 0) is 65.4 Å². The number of hydrogen-bond acceptors (Lipinski definition) is 3. The Kier molecular flexibility index (Phi) is 5.90. The van der Waals surface area contributed by atoms with E-state index >= 15 is 0 Å². The van der Waals surface area contributed by atoms with E-state index in [4.69, 9.17) is 14.6 Å². The van der Waals surface area contributed by atoms with E-state index in [9.17, 15) is 9.18 Å². The minimum Gasteiger partial charge on any atom is -0.497 e. The maximum atomic E-state index is 14.9. The monoisotopic (exact) mass is 428 g/mol. The summed E-state index contributed by atoms with van der Waals surface area (Å²) in [6, 6.07) is 21.9. The van der Waals surface area contributed by atoms with E-state index in [-0.39, 0.29) is 5.75 Å². The van der Waals surface area contributed by atoms with E-state index in [1.165, 1.54) is 18.2 Å². The second kappa shape index (κ2) is 8.94. The van der Waals surface area contributed by atoms with Crippen LogP contribution in [-0.4, -0.2) is 18.2 Å². The van der Waals surface area contributed by atoms with Crippen LogP contribution < -0.4 is 9.47 Å². The molecule has 0 amide bonds. The largest absolute Gasteiger partial charge is 0.497 e. The Morgan fingerprint density at radius 1 is 1.00 bits per heavy atom. The average Bonchev–Trinajstić information content (AvgIpc) is 2.79. The molecule has 4 aromatic carbocycles. The molecule has 0 heterocycles. The molecule has 32 heavy (non-hydrogen) atoms. The van der Waals surface area contributed by atoms with Gasteiger partial charge in [-0.25, -0.2) is 9.18 Å². The van der Waals surface area contributed by atoms with Crippen LogP contribution in [-0.2, 0) is 4.79 Å². The molecule has 0 aliphatic rings. The minimum absolute atomic E-state index is 0.0531. The van der Waals surface area contributed by atoms with Crippen molar-refractivity contribution in [3.63, 3.8) is 0 Å². The average molecular weight is 428 g/mol. The van der Waals surface area contributed by atoms with Crippen molar-refractivity contribution >= 4 is 22.8 Å². The van der Waals surface area contributed by atoms with Gasteiger partial charge in [0.15, 0.2) is 11.6 Å². The van der Waals surface area contributed by atoms with Crippen LogP contribution in [0, 0.1) is 12.7 Å². The molecule has 0 unspecified atom stereocenters. The molecule has 4 rings (SSSR count). The van der Waals surface area contributed by atoms with Crippen LogP contribution in [0.2, 0.25) is 0 Å². The van der Waals surface area contributed by atoms with Gasteiger partial charge in [0, 0.05) is 17.0 Å². The summed E-state index contributed by atoms with van der Waals surface area (Å²) in [5.74, 6) is -0.366. The third kappa shape index (κ3) is 4.32. The van der Waals surface area contributed by atoms with Gasteiger partial charge in [-0.1, -0.05) is 42.5 Å². The first-order valence-electron chi connectivity index (χ1n) is 10.0. The summed E-state index contributed by atoms with van der Waals surface area (Å²) < 4.78 is 26.4. The fourth-order valence-corrected chi connectivity index (χ4v) is 3.66. The van der Waals surface area contributed by atoms with E-state index in [1.807, 2.05) is 55.5 Å². The highest BCUT2D eigenvalue weighted by atomic mass is 19.1. The smallest absolute Gasteiger partial charge is 0.328 e. The predicted octanol–water partition coefficient (Wildman–Crippen LogP) is 6.85. The molecule has 0 atom stereocenters. The number of carboxylic acid groups (broad SMARTS) is 1. The first-order valence-corrected chi connectivity index (χ1v) is 10.0. The first kappa shape index (κ1) is 21.1. The van der Waals surface area contributed by atoms with Crippen molar-refractivity contribution < 1.29 is 23.8 Å². The Morgan fingerprint density at radius 3 is 2.47 bits per heavy atom. The number of fused-ring (bicyclic) bond motifs is 1. The number of carbonyl (C=O) groups is 1. The van der Waals surface area contributed by atoms with Gasteiger partial charge in [0.1, 0.15) is 11.5 Å². The Bertz CT molecular complexity index is 1330. The highest BCUT2D eigenvalue weighted by Crippen LogP contribution is 2.43. The molecule has 0 saturated carbocycles. The van der Waals surface area contributed by atoms with Gasteiger partial charge in [0.25, 0.3) is 0 Å². The third-order valence-electron chi connectivity index (χ3n) is 5.15. The van der Waals surface area contributed by atoms with Crippen molar-refractivity contribution in [3.8, 4) is 28.4 Å². The van der Waals surface area contributed by atoms with Crippen LogP contribution in [0.3, 0.4) is 0 Å². The molecule has 0 bridgehead atoms. The van der Waals surface area contributed by atoms with Gasteiger partial charge in [0.05, 0.1) is 7.11 Å². The maximum Gasteiger partial charge on any atom is 0.328 e. The quantitative estimate of drug-likeness (QED) is 0.341. The van der Waals surface area contributed by atoms with Crippen LogP contribution in [0.25, 0.3) is 28.0 Å². The van der Waals surface area contributed by atoms with Gasteiger partial charge < -0.3 is 14.6 Å². The lowest BCUT2D eigenvalue weighted by Crippen LogP contribution is -1.96. The van der Waals surface area contributed by atoms with Crippen molar-refractivity contribution in [3.05, 3.63) is 95.8 Å². The zero-order valence-corrected chi connectivity index (χ0v) is 17.6. The lowest BCUT2D eigenvalue weighted by Gasteiger charge is -2.18. The van der Waals surface area contributed by atoms with Crippen molar-refractivity contribution in [1.29, 1.82) is 0 Å². The highest BCUT2D eigenvalue weighted by Gasteiger charge is 2.17. The van der Waals surface area contributed by atoms with E-state index in [0.29, 0.717) is 11.3 Å². The van der Waals surface area contributed by atoms with Crippen LogP contribution in [0.1, 0.15) is 11.1 Å². The first-order chi connectivity index (χ1) is 15.5. The lowest BCUT2D eigenvalue weighted by atomic mass is 9.94. The van der Waals surface area contributed by atoms with Crippen molar-refractivity contribution in [2.24, 2.45) is 0 Å². The molecule has 1 N–H and O–H groups in total. The summed E-state index contributed by atoms with van der Waals surface area (Å²) >= 11 is 0. The molecule has 0 spiro atoms. The van der Waals surface area contributed by atoms with Gasteiger partial charge >= 0.3 is 5.97 Å². The highest BCUT2D eigenvalue weighted by molar-refractivity contribution is 5.97. The molecule has 4 aromatic rings. The molecule has 160 valence electrons. The Hall–Kier alpha value is -4.12. The molecule has 0 fully saturated rings. The summed E-state index contributed by atoms with van der Waals surface area (Å²) in [5, 5.41) is 10.5. The summed E-state index contributed by atoms with van der Waals surface area (Å²) in [6.07, 6.45) is 2.29. The lowest BCUT2D eigenvalue weighted by molar-refractivity contribution is -0.131. The molecule has 0 aliphatic heterocycles. The number of carboxylic acids is 1. The number of rotatable bonds is 6. The number of benzene rings is 4. The van der Waals surface area contributed by atoms with Gasteiger partial charge in [-0.2, -0.15) is 0 Å². The molecular formula is C27H21FO4. The SMILES string of the molecule is COc1ccc2c(Oc3ccc(C=CC(=O)O)cc3F)c(-c3ccccc3)c(C)cc2c1. The third-order valence-corrected chi connectivity index (χ3v) is 5.15. The van der Waals surface area contributed by atoms with Crippen LogP contribution >= 0.6 is 0 Å². The number of hydrogen-bond donors (Lipinski definition) is 1. The second-order valence-electron chi connectivity index (χ2n) is 7.31. The summed E-state index contributed by atoms with van der Waals surface area (Å²) in [4.78, 5) is 10.7. The summed E-state index contributed by atoms with van der Waals surface area (Å²) in [5.41, 5.74) is 3.24. The van der Waals surface area contributed by atoms with Gasteiger partial charge in [-0.15, -0.1) is 0 Å². The van der Waals surface area contributed by atoms with E-state index in [1.54, 1.807) is 13.2 Å². The number of ether oxygens (including phenoxy) is 2. The molecule has 0 radical (unpaired) electrons. The topological polar surface area (TPSA) is 55.8 Å². The van der Waals surface area contributed by atoms with Crippen LogP contribution in [0.15, 0.2) is 78.9 Å². The van der Waals surface area contributed by atoms with E-state index in [0.717, 1.165) is 39.3 Å². The number of aryl methyl sites for hydroxylation is 1. The Morgan fingerprint density at radius 2 is 1.78 bits per heavy atom. The normalized spacial score (nSPS) is 11.1. The number of halogens is 1. The zero-order valence-electron chi connectivity index (χ0n) is 17.6. The number of aliphatic carboxylic acids is 1. The van der Waals surface area contributed by atoms with Crippen molar-refractivity contribution in [2.45, 2.75) is 6.92 Å². The van der Waals surface area contributed by atoms with Gasteiger partial charge in [-0.3, -0.25) is 0 Å². The molecule has 0 aromatic heterocycles. The zero-order chi connectivity index (χ0) is 22.7. The molecule has 0 aliphatic carbocycles. The predicted molar refractivity (Wildman–Crippen MR) is 124 cm³/mol. The fourth-order valence-electron chi connectivity index (χ4n) is 3.66. The van der Waals surface area contributed by atoms with Crippen LogP contribution in [0.4, 0.5) is 4.39 Å². The molecule has 4 nitrogen and oxygen atoms in total. The number of methoxy groups -OCH3 is 1. The summed E-state index contributed by atoms with van der Waals surface area (Å²) in [6.45, 7) is 1.99. The van der Waals surface area contributed by atoms with E-state index < -0.39 is 11.8 Å². The summed E-state index contributed by atoms with van der Waals surface area (Å²) in [7, 11) is 1.61. The minimum atomic E-state index is -1.10. The van der Waals surface area contributed by atoms with Crippen molar-refractivity contribution in [2.75, 3.05) is 7.11 Å². The Labute approximate surface area is 185 Å².